The van der Waals surface area contributed by atoms with Crippen molar-refractivity contribution in [3.63, 3.8) is 0 Å². The van der Waals surface area contributed by atoms with E-state index < -0.39 is 5.41 Å². The number of nitrogens with zero attached hydrogens (tertiary/aromatic N) is 2. The lowest BCUT2D eigenvalue weighted by molar-refractivity contribution is -0.135. The highest BCUT2D eigenvalue weighted by Gasteiger charge is 2.46. The number of amides is 2. The molecule has 33 heavy (non-hydrogen) atoms. The molecule has 2 heterocycles. The van der Waals surface area contributed by atoms with Crippen molar-refractivity contribution in [1.29, 1.82) is 0 Å². The number of likely N-dealkylation sites (tertiary alicyclic amines) is 1. The lowest BCUT2D eigenvalue weighted by atomic mass is 9.78. The van der Waals surface area contributed by atoms with Crippen molar-refractivity contribution in [3.05, 3.63) is 90.3 Å². The maximum atomic E-state index is 13.7. The van der Waals surface area contributed by atoms with Crippen LogP contribution in [0.3, 0.4) is 0 Å². The van der Waals surface area contributed by atoms with Crippen molar-refractivity contribution in [2.45, 2.75) is 33.2 Å². The Morgan fingerprint density at radius 3 is 2.52 bits per heavy atom. The first-order chi connectivity index (χ1) is 16.0. The maximum Gasteiger partial charge on any atom is 0.228 e. The standard InChI is InChI=1S/C28H31N3O2/c1-21(2)26(32)31-16-14-28(20-31,27(33)30-18-22-9-4-3-5-10-22)17-23-11-6-7-13-25(23)24-12-8-15-29-19-24/h3-13,15,19,21H,14,16-18,20H2,1-2H3,(H,30,33)/t28-/m0/s1. The smallest absolute Gasteiger partial charge is 0.228 e. The molecule has 0 spiro atoms. The van der Waals surface area contributed by atoms with E-state index in [1.165, 1.54) is 0 Å². The third-order valence-corrected chi connectivity index (χ3v) is 6.46. The molecule has 170 valence electrons. The zero-order valence-electron chi connectivity index (χ0n) is 19.3. The molecule has 3 aromatic rings. The molecule has 1 aromatic heterocycles. The zero-order valence-corrected chi connectivity index (χ0v) is 19.3. The van der Waals surface area contributed by atoms with Crippen LogP contribution in [-0.2, 0) is 22.6 Å². The summed E-state index contributed by atoms with van der Waals surface area (Å²) in [5.74, 6) is 0.0236. The van der Waals surface area contributed by atoms with Gasteiger partial charge in [0.05, 0.1) is 5.41 Å². The summed E-state index contributed by atoms with van der Waals surface area (Å²) in [7, 11) is 0. The van der Waals surface area contributed by atoms with Crippen molar-refractivity contribution in [1.82, 2.24) is 15.2 Å². The predicted octanol–water partition coefficient (Wildman–Crippen LogP) is 4.48. The molecule has 1 saturated heterocycles. The van der Waals surface area contributed by atoms with E-state index in [4.69, 9.17) is 0 Å². The summed E-state index contributed by atoms with van der Waals surface area (Å²) in [4.78, 5) is 32.6. The summed E-state index contributed by atoms with van der Waals surface area (Å²) < 4.78 is 0. The van der Waals surface area contributed by atoms with Crippen LogP contribution in [0.25, 0.3) is 11.1 Å². The van der Waals surface area contributed by atoms with Crippen LogP contribution in [-0.4, -0.2) is 34.8 Å². The molecule has 5 heteroatoms. The van der Waals surface area contributed by atoms with Crippen molar-refractivity contribution < 1.29 is 9.59 Å². The van der Waals surface area contributed by atoms with Gasteiger partial charge < -0.3 is 10.2 Å². The number of hydrogen-bond donors (Lipinski definition) is 1. The molecule has 1 fully saturated rings. The second-order valence-electron chi connectivity index (χ2n) is 9.19. The van der Waals surface area contributed by atoms with E-state index in [0.29, 0.717) is 32.5 Å². The van der Waals surface area contributed by atoms with Crippen molar-refractivity contribution in [2.24, 2.45) is 11.3 Å². The lowest BCUT2D eigenvalue weighted by Crippen LogP contribution is -2.45. The molecule has 5 nitrogen and oxygen atoms in total. The van der Waals surface area contributed by atoms with Crippen LogP contribution in [0.1, 0.15) is 31.4 Å². The molecule has 0 aliphatic carbocycles. The Bertz CT molecular complexity index is 1100. The van der Waals surface area contributed by atoms with E-state index in [2.05, 4.69) is 22.4 Å². The molecule has 0 saturated carbocycles. The number of nitrogens with one attached hydrogen (secondary N) is 1. The summed E-state index contributed by atoms with van der Waals surface area (Å²) in [5.41, 5.74) is 3.59. The average molecular weight is 442 g/mol. The summed E-state index contributed by atoms with van der Waals surface area (Å²) in [6.45, 7) is 5.34. The highest BCUT2D eigenvalue weighted by atomic mass is 16.2. The molecule has 0 radical (unpaired) electrons. The van der Waals surface area contributed by atoms with Gasteiger partial charge in [-0.1, -0.05) is 74.5 Å². The van der Waals surface area contributed by atoms with Gasteiger partial charge in [0.25, 0.3) is 0 Å². The van der Waals surface area contributed by atoms with Crippen LogP contribution in [0.15, 0.2) is 79.1 Å². The van der Waals surface area contributed by atoms with E-state index in [1.807, 2.05) is 79.5 Å². The molecule has 4 rings (SSSR count). The van der Waals surface area contributed by atoms with Crippen LogP contribution >= 0.6 is 0 Å². The Kier molecular flexibility index (Phi) is 6.87. The van der Waals surface area contributed by atoms with Gasteiger partial charge in [-0.25, -0.2) is 0 Å². The highest BCUT2D eigenvalue weighted by molar-refractivity contribution is 5.86. The van der Waals surface area contributed by atoms with E-state index in [-0.39, 0.29) is 17.7 Å². The Hall–Kier alpha value is -3.47. The molecule has 0 unspecified atom stereocenters. The fourth-order valence-corrected chi connectivity index (χ4v) is 4.64. The minimum Gasteiger partial charge on any atom is -0.351 e. The van der Waals surface area contributed by atoms with Gasteiger partial charge in [-0.3, -0.25) is 14.6 Å². The highest BCUT2D eigenvalue weighted by Crippen LogP contribution is 2.38. The summed E-state index contributed by atoms with van der Waals surface area (Å²) in [6.07, 6.45) is 4.83. The number of carbonyl (C=O) groups excluding carboxylic acids is 2. The predicted molar refractivity (Wildman–Crippen MR) is 130 cm³/mol. The van der Waals surface area contributed by atoms with Gasteiger partial charge in [-0.15, -0.1) is 0 Å². The Morgan fingerprint density at radius 2 is 1.79 bits per heavy atom. The van der Waals surface area contributed by atoms with Gasteiger partial charge in [0.2, 0.25) is 11.8 Å². The minimum absolute atomic E-state index is 0.00592. The molecule has 2 aromatic carbocycles. The van der Waals surface area contributed by atoms with E-state index >= 15 is 0 Å². The number of benzene rings is 2. The van der Waals surface area contributed by atoms with Crippen LogP contribution in [0.2, 0.25) is 0 Å². The van der Waals surface area contributed by atoms with Gasteiger partial charge in [0.15, 0.2) is 0 Å². The van der Waals surface area contributed by atoms with Crippen molar-refractivity contribution >= 4 is 11.8 Å². The van der Waals surface area contributed by atoms with Crippen molar-refractivity contribution in [3.8, 4) is 11.1 Å². The Morgan fingerprint density at radius 1 is 1.03 bits per heavy atom. The molecule has 0 bridgehead atoms. The van der Waals surface area contributed by atoms with Gasteiger partial charge in [0.1, 0.15) is 0 Å². The first-order valence-corrected chi connectivity index (χ1v) is 11.6. The SMILES string of the molecule is CC(C)C(=O)N1CC[C@@](Cc2ccccc2-c2cccnc2)(C(=O)NCc2ccccc2)C1. The molecule has 1 atom stereocenters. The molecular formula is C28H31N3O2. The van der Waals surface area contributed by atoms with Crippen LogP contribution in [0.4, 0.5) is 0 Å². The monoisotopic (exact) mass is 441 g/mol. The number of carbonyl (C=O) groups is 2. The summed E-state index contributed by atoms with van der Waals surface area (Å²) in [6, 6.07) is 22.1. The molecule has 1 aliphatic heterocycles. The maximum absolute atomic E-state index is 13.7. The molecule has 2 amide bonds. The topological polar surface area (TPSA) is 62.3 Å². The molecular weight excluding hydrogens is 410 g/mol. The fourth-order valence-electron chi connectivity index (χ4n) is 4.64. The van der Waals surface area contributed by atoms with Crippen LogP contribution in [0.5, 0.6) is 0 Å². The number of pyridine rings is 1. The molecule has 1 N–H and O–H groups in total. The van der Waals surface area contributed by atoms with E-state index in [0.717, 1.165) is 22.3 Å². The minimum atomic E-state index is -0.669. The fraction of sp³-hybridized carbons (Fsp3) is 0.321. The number of aromatic nitrogens is 1. The lowest BCUT2D eigenvalue weighted by Gasteiger charge is -2.30. The van der Waals surface area contributed by atoms with Gasteiger partial charge in [-0.05, 0) is 35.6 Å². The van der Waals surface area contributed by atoms with Crippen LogP contribution < -0.4 is 5.32 Å². The Balaban J connectivity index is 1.63. The largest absolute Gasteiger partial charge is 0.351 e. The number of hydrogen-bond acceptors (Lipinski definition) is 3. The summed E-state index contributed by atoms with van der Waals surface area (Å²) in [5, 5.41) is 3.16. The first-order valence-electron chi connectivity index (χ1n) is 11.6. The summed E-state index contributed by atoms with van der Waals surface area (Å²) >= 11 is 0. The zero-order chi connectivity index (χ0) is 23.3. The van der Waals surface area contributed by atoms with Gasteiger partial charge in [-0.2, -0.15) is 0 Å². The average Bonchev–Trinajstić information content (AvgIpc) is 3.28. The van der Waals surface area contributed by atoms with Crippen molar-refractivity contribution in [2.75, 3.05) is 13.1 Å². The van der Waals surface area contributed by atoms with Crippen LogP contribution in [0, 0.1) is 11.3 Å². The first kappa shape index (κ1) is 22.7. The molecule has 1 aliphatic rings. The van der Waals surface area contributed by atoms with Gasteiger partial charge in [0, 0.05) is 43.5 Å². The third-order valence-electron chi connectivity index (χ3n) is 6.46. The normalized spacial score (nSPS) is 17.8. The van der Waals surface area contributed by atoms with Gasteiger partial charge >= 0.3 is 0 Å². The number of rotatable bonds is 7. The quantitative estimate of drug-likeness (QED) is 0.588. The third kappa shape index (κ3) is 5.14. The van der Waals surface area contributed by atoms with E-state index in [9.17, 15) is 9.59 Å². The Labute approximate surface area is 195 Å². The van der Waals surface area contributed by atoms with E-state index in [1.54, 1.807) is 6.20 Å². The second kappa shape index (κ2) is 9.99. The second-order valence-corrected chi connectivity index (χ2v) is 9.19.